The Hall–Kier alpha value is -1.36. The molecule has 0 bridgehead atoms. The minimum Gasteiger partial charge on any atom is -0.299 e. The molecule has 2 saturated carbocycles. The fourth-order valence-corrected chi connectivity index (χ4v) is 6.82. The molecule has 0 saturated heterocycles. The summed E-state index contributed by atoms with van der Waals surface area (Å²) in [6.07, 6.45) is 16.7. The number of nitriles is 1. The molecule has 0 heterocycles. The van der Waals surface area contributed by atoms with Crippen LogP contribution in [0.15, 0.2) is 23.8 Å². The van der Waals surface area contributed by atoms with E-state index in [-0.39, 0.29) is 5.41 Å². The maximum atomic E-state index is 11.2. The SMILES string of the molecule is CCCC1(C)/C(=C\C=O)C=CC2C1CCC1(C)C(CCC#N)CCC21. The van der Waals surface area contributed by atoms with E-state index in [2.05, 4.69) is 39.0 Å². The van der Waals surface area contributed by atoms with Crippen LogP contribution in [0.25, 0.3) is 0 Å². The molecule has 0 aromatic heterocycles. The molecular formula is C23H33NO. The third-order valence-corrected chi connectivity index (χ3v) is 8.13. The van der Waals surface area contributed by atoms with E-state index in [4.69, 9.17) is 5.26 Å². The second-order valence-corrected chi connectivity index (χ2v) is 9.09. The van der Waals surface area contributed by atoms with Crippen LogP contribution in [-0.2, 0) is 4.79 Å². The van der Waals surface area contributed by atoms with E-state index in [1.807, 2.05) is 0 Å². The van der Waals surface area contributed by atoms with Crippen LogP contribution in [0, 0.1) is 45.8 Å². The van der Waals surface area contributed by atoms with Gasteiger partial charge in [-0.15, -0.1) is 0 Å². The van der Waals surface area contributed by atoms with Gasteiger partial charge < -0.3 is 0 Å². The fourth-order valence-electron chi connectivity index (χ4n) is 6.82. The van der Waals surface area contributed by atoms with Crippen molar-refractivity contribution in [3.63, 3.8) is 0 Å². The molecule has 0 N–H and O–H groups in total. The van der Waals surface area contributed by atoms with E-state index >= 15 is 0 Å². The van der Waals surface area contributed by atoms with Gasteiger partial charge >= 0.3 is 0 Å². The number of aldehydes is 1. The number of fused-ring (bicyclic) bond motifs is 3. The fraction of sp³-hybridized carbons (Fsp3) is 0.739. The first-order valence-corrected chi connectivity index (χ1v) is 10.2. The maximum Gasteiger partial charge on any atom is 0.143 e. The lowest BCUT2D eigenvalue weighted by Crippen LogP contribution is -2.48. The van der Waals surface area contributed by atoms with Crippen molar-refractivity contribution in [3.05, 3.63) is 23.8 Å². The molecule has 0 radical (unpaired) electrons. The molecule has 0 aromatic carbocycles. The van der Waals surface area contributed by atoms with Crippen molar-refractivity contribution >= 4 is 6.29 Å². The van der Waals surface area contributed by atoms with Crippen molar-refractivity contribution in [2.75, 3.05) is 0 Å². The number of hydrogen-bond acceptors (Lipinski definition) is 2. The van der Waals surface area contributed by atoms with E-state index in [0.29, 0.717) is 23.7 Å². The Balaban J connectivity index is 1.92. The van der Waals surface area contributed by atoms with Gasteiger partial charge in [-0.2, -0.15) is 5.26 Å². The molecule has 2 heteroatoms. The third kappa shape index (κ3) is 2.90. The van der Waals surface area contributed by atoms with Crippen LogP contribution in [0.3, 0.4) is 0 Å². The van der Waals surface area contributed by atoms with Gasteiger partial charge in [-0.1, -0.05) is 39.3 Å². The van der Waals surface area contributed by atoms with E-state index < -0.39 is 0 Å². The van der Waals surface area contributed by atoms with E-state index in [9.17, 15) is 4.79 Å². The number of hydrogen-bond donors (Lipinski definition) is 0. The van der Waals surface area contributed by atoms with Crippen LogP contribution in [0.4, 0.5) is 0 Å². The lowest BCUT2D eigenvalue weighted by atomic mass is 9.49. The first-order valence-electron chi connectivity index (χ1n) is 10.2. The highest BCUT2D eigenvalue weighted by atomic mass is 16.1. The van der Waals surface area contributed by atoms with Crippen molar-refractivity contribution in [2.24, 2.45) is 34.5 Å². The van der Waals surface area contributed by atoms with E-state index in [1.54, 1.807) is 6.08 Å². The van der Waals surface area contributed by atoms with Gasteiger partial charge in [0.15, 0.2) is 0 Å². The summed E-state index contributed by atoms with van der Waals surface area (Å²) in [4.78, 5) is 11.2. The zero-order chi connectivity index (χ0) is 18.1. The van der Waals surface area contributed by atoms with E-state index in [1.165, 1.54) is 37.7 Å². The van der Waals surface area contributed by atoms with Crippen LogP contribution in [0.2, 0.25) is 0 Å². The second-order valence-electron chi connectivity index (χ2n) is 9.09. The average Bonchev–Trinajstić information content (AvgIpc) is 2.92. The smallest absolute Gasteiger partial charge is 0.143 e. The number of carbonyl (C=O) groups excluding carboxylic acids is 1. The highest BCUT2D eigenvalue weighted by Crippen LogP contribution is 2.65. The van der Waals surface area contributed by atoms with Crippen molar-refractivity contribution in [1.82, 2.24) is 0 Å². The van der Waals surface area contributed by atoms with Crippen molar-refractivity contribution in [2.45, 2.75) is 72.1 Å². The summed E-state index contributed by atoms with van der Waals surface area (Å²) in [5.74, 6) is 2.78. The molecule has 0 amide bonds. The molecule has 25 heavy (non-hydrogen) atoms. The molecule has 6 atom stereocenters. The molecule has 136 valence electrons. The lowest BCUT2D eigenvalue weighted by Gasteiger charge is -2.55. The van der Waals surface area contributed by atoms with Gasteiger partial charge in [-0.25, -0.2) is 0 Å². The van der Waals surface area contributed by atoms with Crippen LogP contribution >= 0.6 is 0 Å². The number of allylic oxidation sites excluding steroid dienone is 4. The van der Waals surface area contributed by atoms with Crippen LogP contribution in [-0.4, -0.2) is 6.29 Å². The largest absolute Gasteiger partial charge is 0.299 e. The van der Waals surface area contributed by atoms with Gasteiger partial charge in [0, 0.05) is 6.42 Å². The predicted molar refractivity (Wildman–Crippen MR) is 102 cm³/mol. The van der Waals surface area contributed by atoms with Crippen LogP contribution < -0.4 is 0 Å². The topological polar surface area (TPSA) is 40.9 Å². The highest BCUT2D eigenvalue weighted by Gasteiger charge is 2.56. The van der Waals surface area contributed by atoms with Gasteiger partial charge in [0.05, 0.1) is 6.07 Å². The Morgan fingerprint density at radius 2 is 2.08 bits per heavy atom. The molecule has 2 fully saturated rings. The summed E-state index contributed by atoms with van der Waals surface area (Å²) in [7, 11) is 0. The first kappa shape index (κ1) is 18.4. The Morgan fingerprint density at radius 3 is 2.76 bits per heavy atom. The Kier molecular flexibility index (Phi) is 5.24. The van der Waals surface area contributed by atoms with Gasteiger partial charge in [0.2, 0.25) is 0 Å². The number of nitrogens with zero attached hydrogens (tertiary/aromatic N) is 1. The molecule has 6 unspecified atom stereocenters. The quantitative estimate of drug-likeness (QED) is 0.465. The number of carbonyl (C=O) groups is 1. The summed E-state index contributed by atoms with van der Waals surface area (Å²) >= 11 is 0. The first-order chi connectivity index (χ1) is 12.0. The molecule has 3 rings (SSSR count). The minimum absolute atomic E-state index is 0.140. The molecule has 0 spiro atoms. The summed E-state index contributed by atoms with van der Waals surface area (Å²) in [6.45, 7) is 7.17. The third-order valence-electron chi connectivity index (χ3n) is 8.13. The van der Waals surface area contributed by atoms with Gasteiger partial charge in [-0.05, 0) is 84.7 Å². The molecule has 3 aliphatic rings. The summed E-state index contributed by atoms with van der Waals surface area (Å²) in [5.41, 5.74) is 1.79. The summed E-state index contributed by atoms with van der Waals surface area (Å²) in [6, 6.07) is 2.36. The average molecular weight is 340 g/mol. The standard InChI is InChI=1S/C23H33NO/c1-4-13-22(2)18(12-16-25)7-9-19-20-10-8-17(6-5-15-24)23(20,3)14-11-21(19)22/h7,9,12,16-17,19-21H,4-6,8,10-11,13-14H2,1-3H3/b18-12-. The zero-order valence-corrected chi connectivity index (χ0v) is 16.1. The minimum atomic E-state index is 0.140. The van der Waals surface area contributed by atoms with Crippen molar-refractivity contribution in [3.8, 4) is 6.07 Å². The van der Waals surface area contributed by atoms with Crippen LogP contribution in [0.1, 0.15) is 72.1 Å². The molecule has 2 nitrogen and oxygen atoms in total. The summed E-state index contributed by atoms with van der Waals surface area (Å²) in [5, 5.41) is 9.01. The molecular weight excluding hydrogens is 306 g/mol. The van der Waals surface area contributed by atoms with Gasteiger partial charge in [0.25, 0.3) is 0 Å². The normalized spacial score (nSPS) is 44.2. The Bertz CT molecular complexity index is 612. The Labute approximate surface area is 153 Å². The maximum absolute atomic E-state index is 11.2. The van der Waals surface area contributed by atoms with Gasteiger partial charge in [-0.3, -0.25) is 4.79 Å². The molecule has 3 aliphatic carbocycles. The predicted octanol–water partition coefficient (Wildman–Crippen LogP) is 5.85. The summed E-state index contributed by atoms with van der Waals surface area (Å²) < 4.78 is 0. The van der Waals surface area contributed by atoms with Crippen molar-refractivity contribution < 1.29 is 4.79 Å². The monoisotopic (exact) mass is 339 g/mol. The van der Waals surface area contributed by atoms with Crippen molar-refractivity contribution in [1.29, 1.82) is 5.26 Å². The second kappa shape index (κ2) is 7.10. The molecule has 0 aliphatic heterocycles. The van der Waals surface area contributed by atoms with Crippen LogP contribution in [0.5, 0.6) is 0 Å². The Morgan fingerprint density at radius 1 is 1.28 bits per heavy atom. The van der Waals surface area contributed by atoms with E-state index in [0.717, 1.165) is 31.0 Å². The molecule has 0 aromatic rings. The lowest BCUT2D eigenvalue weighted by molar-refractivity contribution is -0.104. The highest BCUT2D eigenvalue weighted by molar-refractivity contribution is 5.68. The van der Waals surface area contributed by atoms with Gasteiger partial charge in [0.1, 0.15) is 6.29 Å². The number of rotatable bonds is 5. The zero-order valence-electron chi connectivity index (χ0n) is 16.1.